The van der Waals surface area contributed by atoms with Gasteiger partial charge < -0.3 is 24.6 Å². The molecule has 2 aliphatic rings. The molecule has 2 aliphatic heterocycles. The fourth-order valence-electron chi connectivity index (χ4n) is 4.71. The number of amides is 3. The minimum atomic E-state index is -0.559. The molecule has 0 radical (unpaired) electrons. The van der Waals surface area contributed by atoms with Gasteiger partial charge in [-0.05, 0) is 95.7 Å². The number of benzene rings is 1. The van der Waals surface area contributed by atoms with Crippen LogP contribution in [0, 0.1) is 6.92 Å². The first-order chi connectivity index (χ1) is 17.7. The van der Waals surface area contributed by atoms with Crippen LogP contribution in [-0.4, -0.2) is 64.8 Å². The van der Waals surface area contributed by atoms with Gasteiger partial charge in [-0.2, -0.15) is 0 Å². The monoisotopic (exact) mass is 541 g/mol. The third-order valence-corrected chi connectivity index (χ3v) is 7.74. The van der Waals surface area contributed by atoms with Crippen molar-refractivity contribution in [2.45, 2.75) is 85.1 Å². The van der Waals surface area contributed by atoms with Gasteiger partial charge in [-0.3, -0.25) is 4.79 Å². The van der Waals surface area contributed by atoms with Gasteiger partial charge in [0, 0.05) is 31.1 Å². The Morgan fingerprint density at radius 3 is 2.34 bits per heavy atom. The summed E-state index contributed by atoms with van der Waals surface area (Å²) in [7, 11) is 0. The summed E-state index contributed by atoms with van der Waals surface area (Å²) in [5.74, 6) is -0.00167. The number of thiophene rings is 1. The summed E-state index contributed by atoms with van der Waals surface area (Å²) in [5.41, 5.74) is 3.29. The maximum absolute atomic E-state index is 13.3. The quantitative estimate of drug-likeness (QED) is 0.534. The van der Waals surface area contributed by atoms with Gasteiger partial charge in [0.2, 0.25) is 0 Å². The van der Waals surface area contributed by atoms with Crippen molar-refractivity contribution in [1.82, 2.24) is 15.1 Å². The Labute approximate surface area is 229 Å². The van der Waals surface area contributed by atoms with Crippen LogP contribution in [0.25, 0.3) is 10.4 Å². The Hall–Kier alpha value is -3.07. The van der Waals surface area contributed by atoms with Crippen LogP contribution >= 0.6 is 11.3 Å². The van der Waals surface area contributed by atoms with Crippen molar-refractivity contribution in [3.63, 3.8) is 0 Å². The number of hydrogen-bond donors (Lipinski definition) is 1. The molecule has 8 nitrogen and oxygen atoms in total. The molecule has 2 aromatic rings. The van der Waals surface area contributed by atoms with Crippen molar-refractivity contribution in [2.75, 3.05) is 19.6 Å². The van der Waals surface area contributed by atoms with Crippen molar-refractivity contribution in [3.8, 4) is 10.4 Å². The van der Waals surface area contributed by atoms with Crippen molar-refractivity contribution in [1.29, 1.82) is 0 Å². The van der Waals surface area contributed by atoms with E-state index in [0.717, 1.165) is 32.9 Å². The third kappa shape index (κ3) is 6.87. The number of ether oxygens (including phenoxy) is 2. The molecule has 206 valence electrons. The molecule has 1 atom stereocenters. The van der Waals surface area contributed by atoms with Crippen LogP contribution in [0.3, 0.4) is 0 Å². The van der Waals surface area contributed by atoms with Gasteiger partial charge in [-0.1, -0.05) is 12.1 Å². The number of nitrogens with zero attached hydrogens (tertiary/aromatic N) is 2. The molecule has 0 aliphatic carbocycles. The first-order valence-corrected chi connectivity index (χ1v) is 14.0. The number of carbonyl (C=O) groups excluding carboxylic acids is 3. The summed E-state index contributed by atoms with van der Waals surface area (Å²) in [6.07, 6.45) is 0.730. The molecule has 9 heteroatoms. The Morgan fingerprint density at radius 2 is 1.66 bits per heavy atom. The summed E-state index contributed by atoms with van der Waals surface area (Å²) in [5, 5.41) is 2.88. The predicted octanol–water partition coefficient (Wildman–Crippen LogP) is 5.76. The van der Waals surface area contributed by atoms with Crippen LogP contribution in [-0.2, 0) is 22.4 Å². The van der Waals surface area contributed by atoms with Gasteiger partial charge in [0.25, 0.3) is 5.91 Å². The van der Waals surface area contributed by atoms with Crippen LogP contribution in [0.5, 0.6) is 0 Å². The number of aryl methyl sites for hydroxylation is 1. The Bertz CT molecular complexity index is 1220. The van der Waals surface area contributed by atoms with Gasteiger partial charge in [-0.25, -0.2) is 9.59 Å². The molecule has 3 heterocycles. The van der Waals surface area contributed by atoms with E-state index in [4.69, 9.17) is 9.47 Å². The second-order valence-electron chi connectivity index (χ2n) is 12.1. The number of carbonyl (C=O) groups is 3. The molecule has 0 saturated carbocycles. The predicted molar refractivity (Wildman–Crippen MR) is 149 cm³/mol. The van der Waals surface area contributed by atoms with Crippen LogP contribution in [0.1, 0.15) is 74.3 Å². The minimum absolute atomic E-state index is 0.00167. The number of fused-ring (bicyclic) bond motifs is 1. The smallest absolute Gasteiger partial charge is 0.410 e. The Balaban J connectivity index is 1.41. The van der Waals surface area contributed by atoms with Crippen molar-refractivity contribution in [2.24, 2.45) is 0 Å². The van der Waals surface area contributed by atoms with Crippen molar-refractivity contribution in [3.05, 3.63) is 45.8 Å². The SMILES string of the molecule is Cc1cc(-c2ccc3c(c2)CCN(C(=O)OC(C)(C)C)C3)sc1C(=O)N1CC[C@H](NC(=O)OC(C)(C)C)C1. The van der Waals surface area contributed by atoms with Crippen LogP contribution in [0.15, 0.2) is 24.3 Å². The minimum Gasteiger partial charge on any atom is -0.444 e. The number of rotatable bonds is 3. The first kappa shape index (κ1) is 28.0. The van der Waals surface area contributed by atoms with Crippen LogP contribution < -0.4 is 5.32 Å². The molecule has 0 unspecified atom stereocenters. The van der Waals surface area contributed by atoms with Crippen molar-refractivity contribution < 1.29 is 23.9 Å². The fourth-order valence-corrected chi connectivity index (χ4v) is 5.84. The number of hydrogen-bond acceptors (Lipinski definition) is 6. The van der Waals surface area contributed by atoms with E-state index in [0.29, 0.717) is 32.6 Å². The lowest BCUT2D eigenvalue weighted by Crippen LogP contribution is -2.41. The molecule has 4 rings (SSSR count). The second kappa shape index (κ2) is 10.6. The van der Waals surface area contributed by atoms with Crippen LogP contribution in [0.2, 0.25) is 0 Å². The Morgan fingerprint density at radius 1 is 0.947 bits per heavy atom. The van der Waals surface area contributed by atoms with Gasteiger partial charge in [-0.15, -0.1) is 11.3 Å². The highest BCUT2D eigenvalue weighted by Gasteiger charge is 2.31. The average Bonchev–Trinajstić information content (AvgIpc) is 3.42. The van der Waals surface area contributed by atoms with Crippen molar-refractivity contribution >= 4 is 29.4 Å². The highest BCUT2D eigenvalue weighted by molar-refractivity contribution is 7.17. The van der Waals surface area contributed by atoms with Gasteiger partial charge in [0.15, 0.2) is 0 Å². The molecule has 1 saturated heterocycles. The molecule has 1 fully saturated rings. The lowest BCUT2D eigenvalue weighted by molar-refractivity contribution is 0.0223. The largest absolute Gasteiger partial charge is 0.444 e. The third-order valence-electron chi connectivity index (χ3n) is 6.46. The summed E-state index contributed by atoms with van der Waals surface area (Å²) < 4.78 is 10.9. The number of alkyl carbamates (subject to hydrolysis) is 1. The van der Waals surface area contributed by atoms with Gasteiger partial charge in [0.05, 0.1) is 10.9 Å². The molecule has 0 spiro atoms. The zero-order valence-electron chi connectivity index (χ0n) is 23.5. The first-order valence-electron chi connectivity index (χ1n) is 13.2. The fraction of sp³-hybridized carbons (Fsp3) is 0.552. The van der Waals surface area contributed by atoms with E-state index in [1.165, 1.54) is 16.9 Å². The lowest BCUT2D eigenvalue weighted by Gasteiger charge is -2.31. The molecule has 38 heavy (non-hydrogen) atoms. The zero-order valence-corrected chi connectivity index (χ0v) is 24.3. The molecule has 3 amide bonds. The molecular weight excluding hydrogens is 502 g/mol. The normalized spacial score (nSPS) is 17.7. The molecule has 1 aromatic heterocycles. The highest BCUT2D eigenvalue weighted by atomic mass is 32.1. The number of nitrogens with one attached hydrogen (secondary N) is 1. The topological polar surface area (TPSA) is 88.2 Å². The van der Waals surface area contributed by atoms with E-state index >= 15 is 0 Å². The van der Waals surface area contributed by atoms with E-state index in [9.17, 15) is 14.4 Å². The lowest BCUT2D eigenvalue weighted by atomic mass is 9.97. The summed E-state index contributed by atoms with van der Waals surface area (Å²) in [6, 6.07) is 8.27. The maximum Gasteiger partial charge on any atom is 0.410 e. The van der Waals surface area contributed by atoms with Gasteiger partial charge in [0.1, 0.15) is 11.2 Å². The summed E-state index contributed by atoms with van der Waals surface area (Å²) in [4.78, 5) is 43.3. The molecule has 1 aromatic carbocycles. The van der Waals surface area contributed by atoms with E-state index in [1.807, 2.05) is 53.4 Å². The highest BCUT2D eigenvalue weighted by Crippen LogP contribution is 2.35. The van der Waals surface area contributed by atoms with E-state index in [1.54, 1.807) is 4.90 Å². The second-order valence-corrected chi connectivity index (χ2v) is 13.2. The maximum atomic E-state index is 13.3. The van der Waals surface area contributed by atoms with E-state index in [2.05, 4.69) is 29.6 Å². The molecule has 0 bridgehead atoms. The summed E-state index contributed by atoms with van der Waals surface area (Å²) >= 11 is 1.51. The Kier molecular flexibility index (Phi) is 7.79. The molecule has 1 N–H and O–H groups in total. The standard InChI is InChI=1S/C29H39N3O5S/c1-18-14-23(20-8-9-21-16-32(12-10-19(21)15-20)27(35)37-29(5,6)7)38-24(18)25(33)31-13-11-22(17-31)30-26(34)36-28(2,3)4/h8-9,14-15,22H,10-13,16-17H2,1-7H3,(H,30,34)/t22-/m0/s1. The van der Waals surface area contributed by atoms with Crippen LogP contribution in [0.4, 0.5) is 9.59 Å². The number of likely N-dealkylation sites (tertiary alicyclic amines) is 1. The average molecular weight is 542 g/mol. The zero-order chi connectivity index (χ0) is 27.8. The van der Waals surface area contributed by atoms with E-state index < -0.39 is 17.3 Å². The molecular formula is C29H39N3O5S. The van der Waals surface area contributed by atoms with Gasteiger partial charge >= 0.3 is 12.2 Å². The van der Waals surface area contributed by atoms with E-state index in [-0.39, 0.29) is 18.0 Å². The summed E-state index contributed by atoms with van der Waals surface area (Å²) in [6.45, 7) is 15.3.